The summed E-state index contributed by atoms with van der Waals surface area (Å²) >= 11 is 0. The monoisotopic (exact) mass is 764 g/mol. The Morgan fingerprint density at radius 1 is 0.300 bits per heavy atom. The molecule has 60 heavy (non-hydrogen) atoms. The molecule has 0 N–H and O–H groups in total. The highest BCUT2D eigenvalue weighted by Crippen LogP contribution is 2.42. The van der Waals surface area contributed by atoms with Crippen LogP contribution in [0.1, 0.15) is 0 Å². The third-order valence-electron chi connectivity index (χ3n) is 11.9. The van der Waals surface area contributed by atoms with Gasteiger partial charge in [-0.25, -0.2) is 9.97 Å². The molecule has 4 heteroatoms. The highest BCUT2D eigenvalue weighted by Gasteiger charge is 2.21. The van der Waals surface area contributed by atoms with Crippen molar-refractivity contribution in [3.05, 3.63) is 218 Å². The Kier molecular flexibility index (Phi) is 7.82. The van der Waals surface area contributed by atoms with Gasteiger partial charge in [0, 0.05) is 49.6 Å². The Balaban J connectivity index is 1.02. The Morgan fingerprint density at radius 2 is 0.833 bits per heavy atom. The van der Waals surface area contributed by atoms with Crippen molar-refractivity contribution in [1.29, 1.82) is 0 Å². The molecule has 12 rings (SSSR count). The summed E-state index contributed by atoms with van der Waals surface area (Å²) in [5.41, 5.74) is 14.2. The van der Waals surface area contributed by atoms with Crippen LogP contribution >= 0.6 is 0 Å². The lowest BCUT2D eigenvalue weighted by Gasteiger charge is -2.12. The fourth-order valence-corrected chi connectivity index (χ4v) is 9.08. The zero-order valence-corrected chi connectivity index (χ0v) is 32.6. The largest absolute Gasteiger partial charge is 0.309 e. The number of para-hydroxylation sites is 2. The van der Waals surface area contributed by atoms with Crippen LogP contribution in [-0.2, 0) is 0 Å². The molecular formula is C56H36N4. The minimum Gasteiger partial charge on any atom is -0.309 e. The first-order chi connectivity index (χ1) is 29.7. The molecule has 12 aromatic rings. The zero-order chi connectivity index (χ0) is 39.6. The van der Waals surface area contributed by atoms with Crippen molar-refractivity contribution in [2.24, 2.45) is 0 Å². The van der Waals surface area contributed by atoms with Crippen LogP contribution in [0.15, 0.2) is 218 Å². The van der Waals surface area contributed by atoms with Gasteiger partial charge in [0.15, 0.2) is 5.82 Å². The smallest absolute Gasteiger partial charge is 0.160 e. The molecule has 0 saturated heterocycles. The van der Waals surface area contributed by atoms with E-state index in [9.17, 15) is 0 Å². The highest BCUT2D eigenvalue weighted by atomic mass is 15.0. The Bertz CT molecular complexity index is 3560. The summed E-state index contributed by atoms with van der Waals surface area (Å²) in [4.78, 5) is 10.3. The third-order valence-corrected chi connectivity index (χ3v) is 11.9. The Labute approximate surface area is 346 Å². The summed E-state index contributed by atoms with van der Waals surface area (Å²) < 4.78 is 4.85. The Morgan fingerprint density at radius 3 is 1.57 bits per heavy atom. The van der Waals surface area contributed by atoms with Crippen molar-refractivity contribution < 1.29 is 0 Å². The van der Waals surface area contributed by atoms with Gasteiger partial charge in [0.2, 0.25) is 0 Å². The first-order valence-electron chi connectivity index (χ1n) is 20.4. The summed E-state index contributed by atoms with van der Waals surface area (Å²) in [6, 6.07) is 77.9. The van der Waals surface area contributed by atoms with E-state index in [1.807, 2.05) is 6.07 Å². The molecular weight excluding hydrogens is 729 g/mol. The molecule has 0 saturated carbocycles. The van der Waals surface area contributed by atoms with Crippen LogP contribution in [0.4, 0.5) is 0 Å². The molecule has 0 fully saturated rings. The standard InChI is InChI=1S/C56H36N4/c1-3-13-37(14-4-1)39-25-29-45(30-26-39)60-51-21-11-9-19-46(51)47-33-34-53-54(55(47)60)48-20-10-12-22-52(48)59(53)44-31-27-41(28-32-44)56-57-49(40-16-5-2-6-17-40)36-50(58-56)43-24-23-38-15-7-8-18-42(38)35-43/h1-36H. The molecule has 0 aliphatic heterocycles. The van der Waals surface area contributed by atoms with E-state index in [2.05, 4.69) is 221 Å². The van der Waals surface area contributed by atoms with Gasteiger partial charge < -0.3 is 9.13 Å². The number of benzene rings is 9. The molecule has 4 nitrogen and oxygen atoms in total. The van der Waals surface area contributed by atoms with E-state index < -0.39 is 0 Å². The molecule has 280 valence electrons. The lowest BCUT2D eigenvalue weighted by molar-refractivity contribution is 1.16. The van der Waals surface area contributed by atoms with Crippen LogP contribution < -0.4 is 0 Å². The van der Waals surface area contributed by atoms with Crippen molar-refractivity contribution >= 4 is 54.4 Å². The van der Waals surface area contributed by atoms with Crippen molar-refractivity contribution in [3.8, 4) is 56.4 Å². The second-order valence-electron chi connectivity index (χ2n) is 15.4. The molecule has 0 aliphatic rings. The van der Waals surface area contributed by atoms with Gasteiger partial charge in [0.25, 0.3) is 0 Å². The molecule has 3 heterocycles. The highest BCUT2D eigenvalue weighted by molar-refractivity contribution is 6.26. The molecule has 0 bridgehead atoms. The maximum Gasteiger partial charge on any atom is 0.160 e. The second kappa shape index (κ2) is 13.8. The maximum atomic E-state index is 5.19. The van der Waals surface area contributed by atoms with Gasteiger partial charge in [-0.2, -0.15) is 0 Å². The number of nitrogens with zero attached hydrogens (tertiary/aromatic N) is 4. The second-order valence-corrected chi connectivity index (χ2v) is 15.4. The van der Waals surface area contributed by atoms with Crippen LogP contribution in [0.3, 0.4) is 0 Å². The van der Waals surface area contributed by atoms with E-state index in [0.29, 0.717) is 5.82 Å². The van der Waals surface area contributed by atoms with Gasteiger partial charge in [-0.05, 0) is 88.6 Å². The third kappa shape index (κ3) is 5.53. The quantitative estimate of drug-likeness (QED) is 0.169. The number of hydrogen-bond acceptors (Lipinski definition) is 2. The maximum absolute atomic E-state index is 5.19. The minimum absolute atomic E-state index is 0.692. The average Bonchev–Trinajstić information content (AvgIpc) is 3.85. The van der Waals surface area contributed by atoms with E-state index in [0.717, 1.165) is 50.5 Å². The van der Waals surface area contributed by atoms with Gasteiger partial charge >= 0.3 is 0 Å². The number of aromatic nitrogens is 4. The molecule has 0 amide bonds. The van der Waals surface area contributed by atoms with Crippen LogP contribution in [0.5, 0.6) is 0 Å². The molecule has 0 unspecified atom stereocenters. The van der Waals surface area contributed by atoms with Crippen LogP contribution in [0.2, 0.25) is 0 Å². The summed E-state index contributed by atoms with van der Waals surface area (Å²) in [6.07, 6.45) is 0. The predicted molar refractivity (Wildman–Crippen MR) is 250 cm³/mol. The minimum atomic E-state index is 0.692. The van der Waals surface area contributed by atoms with E-state index >= 15 is 0 Å². The number of rotatable bonds is 6. The van der Waals surface area contributed by atoms with E-state index in [-0.39, 0.29) is 0 Å². The zero-order valence-electron chi connectivity index (χ0n) is 32.6. The molecule has 3 aromatic heterocycles. The predicted octanol–water partition coefficient (Wildman–Crippen LogP) is 14.5. The number of hydrogen-bond donors (Lipinski definition) is 0. The molecule has 0 aliphatic carbocycles. The normalized spacial score (nSPS) is 11.7. The number of fused-ring (bicyclic) bond motifs is 8. The van der Waals surface area contributed by atoms with Crippen molar-refractivity contribution in [2.75, 3.05) is 0 Å². The molecule has 9 aromatic carbocycles. The van der Waals surface area contributed by atoms with Crippen molar-refractivity contribution in [3.63, 3.8) is 0 Å². The van der Waals surface area contributed by atoms with Crippen LogP contribution in [-0.4, -0.2) is 19.1 Å². The van der Waals surface area contributed by atoms with Gasteiger partial charge in [0.05, 0.1) is 33.5 Å². The van der Waals surface area contributed by atoms with Gasteiger partial charge in [-0.15, -0.1) is 0 Å². The van der Waals surface area contributed by atoms with Crippen molar-refractivity contribution in [1.82, 2.24) is 19.1 Å². The molecule has 0 spiro atoms. The van der Waals surface area contributed by atoms with Gasteiger partial charge in [-0.1, -0.05) is 152 Å². The Hall–Kier alpha value is -8.08. The summed E-state index contributed by atoms with van der Waals surface area (Å²) in [6.45, 7) is 0. The summed E-state index contributed by atoms with van der Waals surface area (Å²) in [5, 5.41) is 7.31. The lowest BCUT2D eigenvalue weighted by Crippen LogP contribution is -1.97. The van der Waals surface area contributed by atoms with Gasteiger partial charge in [0.1, 0.15) is 0 Å². The first kappa shape index (κ1) is 34.0. The van der Waals surface area contributed by atoms with Crippen molar-refractivity contribution in [2.45, 2.75) is 0 Å². The van der Waals surface area contributed by atoms with Crippen LogP contribution in [0.25, 0.3) is 111 Å². The average molecular weight is 765 g/mol. The lowest BCUT2D eigenvalue weighted by atomic mass is 10.0. The first-order valence-corrected chi connectivity index (χ1v) is 20.4. The molecule has 0 atom stereocenters. The summed E-state index contributed by atoms with van der Waals surface area (Å²) in [7, 11) is 0. The summed E-state index contributed by atoms with van der Waals surface area (Å²) in [5.74, 6) is 0.692. The SMILES string of the molecule is c1ccc(-c2ccc(-n3c4ccccc4c4ccc5c(c6ccccc6n5-c5ccc(-c6nc(-c7ccccc7)cc(-c7ccc8ccccc8c7)n6)cc5)c43)cc2)cc1. The fourth-order valence-electron chi connectivity index (χ4n) is 9.08. The van der Waals surface area contributed by atoms with E-state index in [1.165, 1.54) is 54.5 Å². The molecule has 0 radical (unpaired) electrons. The van der Waals surface area contributed by atoms with E-state index in [4.69, 9.17) is 9.97 Å². The van der Waals surface area contributed by atoms with Crippen LogP contribution in [0, 0.1) is 0 Å². The fraction of sp³-hybridized carbons (Fsp3) is 0. The topological polar surface area (TPSA) is 35.6 Å². The van der Waals surface area contributed by atoms with E-state index in [1.54, 1.807) is 0 Å². The van der Waals surface area contributed by atoms with Gasteiger partial charge in [-0.3, -0.25) is 0 Å².